The summed E-state index contributed by atoms with van der Waals surface area (Å²) < 4.78 is 10.6. The van der Waals surface area contributed by atoms with Crippen LogP contribution in [0.2, 0.25) is 0 Å². The van der Waals surface area contributed by atoms with Crippen molar-refractivity contribution >= 4 is 5.88 Å². The summed E-state index contributed by atoms with van der Waals surface area (Å²) in [5.41, 5.74) is 1.50. The molecular formula is C15H17N3O2. The van der Waals surface area contributed by atoms with Crippen molar-refractivity contribution in [2.24, 2.45) is 0 Å². The molecule has 0 unspecified atom stereocenters. The van der Waals surface area contributed by atoms with Crippen molar-refractivity contribution in [3.8, 4) is 11.8 Å². The molecule has 0 aliphatic heterocycles. The highest BCUT2D eigenvalue weighted by atomic mass is 16.5. The van der Waals surface area contributed by atoms with Crippen molar-refractivity contribution < 1.29 is 9.15 Å². The number of hydrogen-bond acceptors (Lipinski definition) is 5. The molecule has 1 N–H and O–H groups in total. The maximum atomic E-state index is 8.97. The van der Waals surface area contributed by atoms with E-state index in [1.54, 1.807) is 7.11 Å². The molecule has 0 radical (unpaired) electrons. The third kappa shape index (κ3) is 3.29. The monoisotopic (exact) mass is 271 g/mol. The van der Waals surface area contributed by atoms with Crippen molar-refractivity contribution in [3.63, 3.8) is 0 Å². The van der Waals surface area contributed by atoms with Crippen LogP contribution in [0.15, 0.2) is 28.7 Å². The summed E-state index contributed by atoms with van der Waals surface area (Å²) in [6.45, 7) is 2.62. The fourth-order valence-electron chi connectivity index (χ4n) is 1.82. The van der Waals surface area contributed by atoms with Crippen molar-refractivity contribution in [1.82, 2.24) is 4.98 Å². The minimum atomic E-state index is 0.316. The van der Waals surface area contributed by atoms with Crippen molar-refractivity contribution in [2.45, 2.75) is 19.8 Å². The van der Waals surface area contributed by atoms with E-state index >= 15 is 0 Å². The maximum absolute atomic E-state index is 8.97. The number of benzene rings is 1. The van der Waals surface area contributed by atoms with Gasteiger partial charge >= 0.3 is 0 Å². The molecular weight excluding hydrogens is 254 g/mol. The van der Waals surface area contributed by atoms with Gasteiger partial charge in [-0.15, -0.1) is 0 Å². The summed E-state index contributed by atoms with van der Waals surface area (Å²) >= 11 is 0. The van der Waals surface area contributed by atoms with Gasteiger partial charge in [-0.2, -0.15) is 5.26 Å². The van der Waals surface area contributed by atoms with Gasteiger partial charge in [-0.25, -0.2) is 4.98 Å². The summed E-state index contributed by atoms with van der Waals surface area (Å²) in [5, 5.41) is 12.1. The second-order valence-electron chi connectivity index (χ2n) is 4.28. The Balaban J connectivity index is 1.92. The molecule has 5 heteroatoms. The van der Waals surface area contributed by atoms with Crippen LogP contribution >= 0.6 is 0 Å². The number of methoxy groups -OCH3 is 1. The second kappa shape index (κ2) is 6.62. The lowest BCUT2D eigenvalue weighted by atomic mass is 10.1. The molecule has 0 saturated heterocycles. The van der Waals surface area contributed by atoms with Gasteiger partial charge in [0.1, 0.15) is 11.8 Å². The first-order valence-electron chi connectivity index (χ1n) is 6.53. The van der Waals surface area contributed by atoms with Crippen molar-refractivity contribution in [2.75, 3.05) is 19.0 Å². The zero-order chi connectivity index (χ0) is 14.4. The van der Waals surface area contributed by atoms with E-state index in [1.165, 1.54) is 5.56 Å². The van der Waals surface area contributed by atoms with Crippen LogP contribution in [0.25, 0.3) is 0 Å². The lowest BCUT2D eigenvalue weighted by Gasteiger charge is -2.04. The van der Waals surface area contributed by atoms with E-state index < -0.39 is 0 Å². The molecule has 2 rings (SSSR count). The summed E-state index contributed by atoms with van der Waals surface area (Å²) in [5.74, 6) is 1.88. The molecule has 0 atom stereocenters. The number of oxazole rings is 1. The van der Waals surface area contributed by atoms with E-state index in [1.807, 2.05) is 37.3 Å². The lowest BCUT2D eigenvalue weighted by molar-refractivity contribution is 0.414. The van der Waals surface area contributed by atoms with Gasteiger partial charge < -0.3 is 14.5 Å². The number of anilines is 1. The normalized spacial score (nSPS) is 10.1. The number of aromatic nitrogens is 1. The SMILES string of the molecule is CCc1nc(C#N)c(NCCc2ccc(OC)cc2)o1. The first-order valence-corrected chi connectivity index (χ1v) is 6.53. The van der Waals surface area contributed by atoms with E-state index in [-0.39, 0.29) is 0 Å². The average Bonchev–Trinajstić information content (AvgIpc) is 2.90. The molecule has 0 saturated carbocycles. The topological polar surface area (TPSA) is 71.1 Å². The van der Waals surface area contributed by atoms with E-state index in [2.05, 4.69) is 10.3 Å². The van der Waals surface area contributed by atoms with Crippen LogP contribution in [0.1, 0.15) is 24.1 Å². The predicted molar refractivity (Wildman–Crippen MR) is 75.8 cm³/mol. The number of nitriles is 1. The fraction of sp³-hybridized carbons (Fsp3) is 0.333. The standard InChI is InChI=1S/C15H17N3O2/c1-3-14-18-13(10-16)15(20-14)17-9-8-11-4-6-12(19-2)7-5-11/h4-7,17H,3,8-9H2,1-2H3. The van der Waals surface area contributed by atoms with Crippen LogP contribution in [-0.2, 0) is 12.8 Å². The largest absolute Gasteiger partial charge is 0.497 e. The third-order valence-corrected chi connectivity index (χ3v) is 2.94. The number of nitrogens with zero attached hydrogens (tertiary/aromatic N) is 2. The quantitative estimate of drug-likeness (QED) is 0.874. The minimum absolute atomic E-state index is 0.316. The number of hydrogen-bond donors (Lipinski definition) is 1. The Bertz CT molecular complexity index is 597. The molecule has 0 spiro atoms. The van der Waals surface area contributed by atoms with Gasteiger partial charge in [0, 0.05) is 13.0 Å². The molecule has 20 heavy (non-hydrogen) atoms. The highest BCUT2D eigenvalue weighted by molar-refractivity contribution is 5.45. The lowest BCUT2D eigenvalue weighted by Crippen LogP contribution is -2.05. The van der Waals surface area contributed by atoms with Crippen LogP contribution in [0, 0.1) is 11.3 Å². The molecule has 1 heterocycles. The number of nitrogens with one attached hydrogen (secondary N) is 1. The van der Waals surface area contributed by atoms with E-state index in [4.69, 9.17) is 14.4 Å². The molecule has 1 aromatic carbocycles. The molecule has 2 aromatic rings. The Morgan fingerprint density at radius 3 is 2.70 bits per heavy atom. The van der Waals surface area contributed by atoms with Crippen LogP contribution in [0.5, 0.6) is 5.75 Å². The maximum Gasteiger partial charge on any atom is 0.232 e. The van der Waals surface area contributed by atoms with Gasteiger partial charge in [-0.3, -0.25) is 0 Å². The van der Waals surface area contributed by atoms with Crippen LogP contribution in [0.4, 0.5) is 5.88 Å². The second-order valence-corrected chi connectivity index (χ2v) is 4.28. The summed E-state index contributed by atoms with van der Waals surface area (Å²) in [7, 11) is 1.65. The van der Waals surface area contributed by atoms with E-state index in [9.17, 15) is 0 Å². The molecule has 0 aliphatic carbocycles. The van der Waals surface area contributed by atoms with E-state index in [0.717, 1.165) is 12.2 Å². The zero-order valence-electron chi connectivity index (χ0n) is 11.6. The van der Waals surface area contributed by atoms with Crippen molar-refractivity contribution in [1.29, 1.82) is 5.26 Å². The zero-order valence-corrected chi connectivity index (χ0v) is 11.6. The van der Waals surface area contributed by atoms with E-state index in [0.29, 0.717) is 30.4 Å². The highest BCUT2D eigenvalue weighted by Crippen LogP contribution is 2.17. The summed E-state index contributed by atoms with van der Waals surface area (Å²) in [6, 6.07) is 9.93. The van der Waals surface area contributed by atoms with Gasteiger partial charge in [0.05, 0.1) is 7.11 Å². The Kier molecular flexibility index (Phi) is 4.61. The van der Waals surface area contributed by atoms with Crippen LogP contribution < -0.4 is 10.1 Å². The molecule has 0 fully saturated rings. The molecule has 0 aliphatic rings. The van der Waals surface area contributed by atoms with Gasteiger partial charge in [0.2, 0.25) is 11.6 Å². The van der Waals surface area contributed by atoms with Crippen LogP contribution in [-0.4, -0.2) is 18.6 Å². The van der Waals surface area contributed by atoms with Crippen LogP contribution in [0.3, 0.4) is 0 Å². The average molecular weight is 271 g/mol. The number of ether oxygens (including phenoxy) is 1. The minimum Gasteiger partial charge on any atom is -0.497 e. The Morgan fingerprint density at radius 1 is 1.35 bits per heavy atom. The molecule has 0 bridgehead atoms. The van der Waals surface area contributed by atoms with Gasteiger partial charge in [0.25, 0.3) is 0 Å². The van der Waals surface area contributed by atoms with Gasteiger partial charge in [0.15, 0.2) is 5.89 Å². The molecule has 1 aromatic heterocycles. The molecule has 0 amide bonds. The fourth-order valence-corrected chi connectivity index (χ4v) is 1.82. The molecule has 104 valence electrons. The first-order chi connectivity index (χ1) is 9.76. The highest BCUT2D eigenvalue weighted by Gasteiger charge is 2.10. The van der Waals surface area contributed by atoms with Gasteiger partial charge in [-0.05, 0) is 24.1 Å². The summed E-state index contributed by atoms with van der Waals surface area (Å²) in [6.07, 6.45) is 1.51. The third-order valence-electron chi connectivity index (χ3n) is 2.94. The predicted octanol–water partition coefficient (Wildman–Crippen LogP) is 2.77. The number of rotatable bonds is 6. The Labute approximate surface area is 118 Å². The van der Waals surface area contributed by atoms with Crippen molar-refractivity contribution in [3.05, 3.63) is 41.4 Å². The Morgan fingerprint density at radius 2 is 2.10 bits per heavy atom. The number of aryl methyl sites for hydroxylation is 1. The Hall–Kier alpha value is -2.48. The van der Waals surface area contributed by atoms with Gasteiger partial charge in [-0.1, -0.05) is 19.1 Å². The smallest absolute Gasteiger partial charge is 0.232 e. The molecule has 5 nitrogen and oxygen atoms in total. The summed E-state index contributed by atoms with van der Waals surface area (Å²) in [4.78, 5) is 4.09. The first kappa shape index (κ1) is 13.9.